The van der Waals surface area contributed by atoms with Gasteiger partial charge in [-0.05, 0) is 25.9 Å². The maximum atomic E-state index is 9.50. The second-order valence-corrected chi connectivity index (χ2v) is 3.21. The van der Waals surface area contributed by atoms with Crippen molar-refractivity contribution in [1.29, 1.82) is 0 Å². The van der Waals surface area contributed by atoms with Gasteiger partial charge in [0.2, 0.25) is 0 Å². The Bertz CT molecular complexity index is 147. The van der Waals surface area contributed by atoms with Crippen LogP contribution in [0.15, 0.2) is 0 Å². The van der Waals surface area contributed by atoms with Crippen LogP contribution in [0, 0.1) is 12.3 Å². The molecule has 0 heterocycles. The van der Waals surface area contributed by atoms with Gasteiger partial charge in [-0.2, -0.15) is 0 Å². The number of hydrogen-bond donors (Lipinski definition) is 1. The Balaban J connectivity index is 3.45. The molecular formula is C11H21NO. The van der Waals surface area contributed by atoms with Gasteiger partial charge in [-0.3, -0.25) is 0 Å². The number of rotatable bonds is 7. The van der Waals surface area contributed by atoms with Gasteiger partial charge < -0.3 is 10.0 Å². The summed E-state index contributed by atoms with van der Waals surface area (Å²) in [4.78, 5) is 2.30. The summed E-state index contributed by atoms with van der Waals surface area (Å²) < 4.78 is 0. The zero-order chi connectivity index (χ0) is 10.1. The molecule has 76 valence electrons. The summed E-state index contributed by atoms with van der Waals surface area (Å²) in [7, 11) is 0. The molecule has 0 rings (SSSR count). The largest absolute Gasteiger partial charge is 0.393 e. The quantitative estimate of drug-likeness (QED) is 0.605. The average molecular weight is 183 g/mol. The van der Waals surface area contributed by atoms with E-state index in [2.05, 4.69) is 24.7 Å². The van der Waals surface area contributed by atoms with Gasteiger partial charge in [0.1, 0.15) is 0 Å². The van der Waals surface area contributed by atoms with Gasteiger partial charge in [-0.15, -0.1) is 12.3 Å². The Morgan fingerprint density at radius 1 is 1.31 bits per heavy atom. The summed E-state index contributed by atoms with van der Waals surface area (Å²) >= 11 is 0. The lowest BCUT2D eigenvalue weighted by Gasteiger charge is -2.19. The Hall–Kier alpha value is -0.520. The topological polar surface area (TPSA) is 23.5 Å². The fourth-order valence-electron chi connectivity index (χ4n) is 1.27. The van der Waals surface area contributed by atoms with E-state index in [0.29, 0.717) is 6.42 Å². The molecule has 2 nitrogen and oxygen atoms in total. The van der Waals surface area contributed by atoms with Crippen LogP contribution in [0.5, 0.6) is 0 Å². The molecular weight excluding hydrogens is 162 g/mol. The summed E-state index contributed by atoms with van der Waals surface area (Å²) in [5.74, 6) is 2.54. The Kier molecular flexibility index (Phi) is 7.77. The minimum atomic E-state index is -0.225. The van der Waals surface area contributed by atoms with Crippen molar-refractivity contribution >= 4 is 0 Å². The lowest BCUT2D eigenvalue weighted by Crippen LogP contribution is -2.26. The first-order chi connectivity index (χ1) is 6.24. The van der Waals surface area contributed by atoms with Crippen LogP contribution in [0.25, 0.3) is 0 Å². The van der Waals surface area contributed by atoms with Crippen LogP contribution in [0.2, 0.25) is 0 Å². The van der Waals surface area contributed by atoms with Crippen molar-refractivity contribution < 1.29 is 5.11 Å². The monoisotopic (exact) mass is 183 g/mol. The van der Waals surface area contributed by atoms with Crippen molar-refractivity contribution in [2.24, 2.45) is 0 Å². The van der Waals surface area contributed by atoms with Crippen LogP contribution in [0.1, 0.15) is 33.1 Å². The molecule has 0 aliphatic heterocycles. The third-order valence-corrected chi connectivity index (χ3v) is 2.29. The minimum absolute atomic E-state index is 0.225. The molecule has 1 atom stereocenters. The summed E-state index contributed by atoms with van der Waals surface area (Å²) in [6.45, 7) is 7.35. The number of hydrogen-bond acceptors (Lipinski definition) is 2. The lowest BCUT2D eigenvalue weighted by molar-refractivity contribution is 0.136. The highest BCUT2D eigenvalue weighted by molar-refractivity contribution is 4.84. The van der Waals surface area contributed by atoms with E-state index in [0.717, 1.165) is 32.5 Å². The molecule has 0 aromatic carbocycles. The normalized spacial score (nSPS) is 12.8. The molecule has 0 radical (unpaired) electrons. The van der Waals surface area contributed by atoms with Crippen molar-refractivity contribution in [3.05, 3.63) is 0 Å². The van der Waals surface area contributed by atoms with Crippen molar-refractivity contribution in [3.63, 3.8) is 0 Å². The number of terminal acetylenes is 1. The highest BCUT2D eigenvalue weighted by Crippen LogP contribution is 2.02. The fraction of sp³-hybridized carbons (Fsp3) is 0.818. The third kappa shape index (κ3) is 6.62. The molecule has 1 N–H and O–H groups in total. The van der Waals surface area contributed by atoms with Gasteiger partial charge in [0.05, 0.1) is 6.10 Å². The fourth-order valence-corrected chi connectivity index (χ4v) is 1.27. The maximum absolute atomic E-state index is 9.50. The molecule has 0 aliphatic carbocycles. The first kappa shape index (κ1) is 12.5. The predicted molar refractivity (Wildman–Crippen MR) is 56.5 cm³/mol. The van der Waals surface area contributed by atoms with Gasteiger partial charge in [0.25, 0.3) is 0 Å². The SMILES string of the molecule is C#CCCC(O)CCN(CC)CC. The van der Waals surface area contributed by atoms with Crippen LogP contribution in [-0.4, -0.2) is 35.7 Å². The molecule has 0 saturated carbocycles. The van der Waals surface area contributed by atoms with E-state index in [4.69, 9.17) is 6.42 Å². The van der Waals surface area contributed by atoms with E-state index in [1.54, 1.807) is 0 Å². The molecule has 0 aromatic heterocycles. The number of aliphatic hydroxyl groups is 1. The second kappa shape index (κ2) is 8.10. The van der Waals surface area contributed by atoms with Gasteiger partial charge >= 0.3 is 0 Å². The van der Waals surface area contributed by atoms with Crippen LogP contribution < -0.4 is 0 Å². The van der Waals surface area contributed by atoms with Crippen LogP contribution in [-0.2, 0) is 0 Å². The Labute approximate surface area is 81.9 Å². The predicted octanol–water partition coefficient (Wildman–Crippen LogP) is 1.49. The van der Waals surface area contributed by atoms with Gasteiger partial charge in [-0.25, -0.2) is 0 Å². The second-order valence-electron chi connectivity index (χ2n) is 3.21. The first-order valence-corrected chi connectivity index (χ1v) is 5.08. The van der Waals surface area contributed by atoms with E-state index in [9.17, 15) is 5.11 Å². The zero-order valence-electron chi connectivity index (χ0n) is 8.79. The van der Waals surface area contributed by atoms with E-state index in [-0.39, 0.29) is 6.10 Å². The smallest absolute Gasteiger partial charge is 0.0561 e. The summed E-state index contributed by atoms with van der Waals surface area (Å²) in [5, 5.41) is 9.50. The van der Waals surface area contributed by atoms with Crippen LogP contribution in [0.3, 0.4) is 0 Å². The molecule has 0 fully saturated rings. The van der Waals surface area contributed by atoms with E-state index in [1.807, 2.05) is 0 Å². The molecule has 0 aliphatic rings. The maximum Gasteiger partial charge on any atom is 0.0561 e. The molecule has 0 amide bonds. The zero-order valence-corrected chi connectivity index (χ0v) is 8.79. The Morgan fingerprint density at radius 3 is 2.38 bits per heavy atom. The summed E-state index contributed by atoms with van der Waals surface area (Å²) in [6.07, 6.45) is 7.14. The highest BCUT2D eigenvalue weighted by atomic mass is 16.3. The van der Waals surface area contributed by atoms with Gasteiger partial charge in [0, 0.05) is 13.0 Å². The standard InChI is InChI=1S/C11H21NO/c1-4-7-8-11(13)9-10-12(5-2)6-3/h1,11,13H,5-10H2,2-3H3. The molecule has 0 saturated heterocycles. The third-order valence-electron chi connectivity index (χ3n) is 2.29. The van der Waals surface area contributed by atoms with Crippen molar-refractivity contribution in [1.82, 2.24) is 4.90 Å². The molecule has 0 bridgehead atoms. The highest BCUT2D eigenvalue weighted by Gasteiger charge is 2.05. The van der Waals surface area contributed by atoms with Crippen molar-refractivity contribution in [3.8, 4) is 12.3 Å². The van der Waals surface area contributed by atoms with Crippen molar-refractivity contribution in [2.45, 2.75) is 39.2 Å². The number of aliphatic hydroxyl groups excluding tert-OH is 1. The molecule has 13 heavy (non-hydrogen) atoms. The minimum Gasteiger partial charge on any atom is -0.393 e. The Morgan fingerprint density at radius 2 is 1.92 bits per heavy atom. The molecule has 1 unspecified atom stereocenters. The molecule has 2 heteroatoms. The summed E-state index contributed by atoms with van der Waals surface area (Å²) in [6, 6.07) is 0. The molecule has 0 spiro atoms. The number of nitrogens with zero attached hydrogens (tertiary/aromatic N) is 1. The van der Waals surface area contributed by atoms with E-state index < -0.39 is 0 Å². The molecule has 0 aromatic rings. The summed E-state index contributed by atoms with van der Waals surface area (Å²) in [5.41, 5.74) is 0. The van der Waals surface area contributed by atoms with Gasteiger partial charge in [-0.1, -0.05) is 13.8 Å². The van der Waals surface area contributed by atoms with Crippen LogP contribution in [0.4, 0.5) is 0 Å². The average Bonchev–Trinajstić information content (AvgIpc) is 2.16. The van der Waals surface area contributed by atoms with E-state index >= 15 is 0 Å². The van der Waals surface area contributed by atoms with Crippen molar-refractivity contribution in [2.75, 3.05) is 19.6 Å². The van der Waals surface area contributed by atoms with Crippen LogP contribution >= 0.6 is 0 Å². The lowest BCUT2D eigenvalue weighted by atomic mass is 10.1. The first-order valence-electron chi connectivity index (χ1n) is 5.08. The van der Waals surface area contributed by atoms with Gasteiger partial charge in [0.15, 0.2) is 0 Å². The van der Waals surface area contributed by atoms with E-state index in [1.165, 1.54) is 0 Å².